The maximum absolute atomic E-state index is 5.84. The van der Waals surface area contributed by atoms with Crippen LogP contribution in [0.25, 0.3) is 5.76 Å². The molecule has 1 aromatic rings. The van der Waals surface area contributed by atoms with Gasteiger partial charge in [0.05, 0.1) is 17.3 Å². The summed E-state index contributed by atoms with van der Waals surface area (Å²) in [6.45, 7) is 6.27. The number of halogens is 1. The number of nitrogen functional groups attached to an aromatic ring is 1. The number of ether oxygens (including phenoxy) is 1. The maximum atomic E-state index is 5.84. The summed E-state index contributed by atoms with van der Waals surface area (Å²) >= 11 is 5.84. The molecule has 1 aromatic carbocycles. The molecule has 0 aliphatic heterocycles. The molecule has 0 radical (unpaired) electrons. The van der Waals surface area contributed by atoms with Gasteiger partial charge in [-0.25, -0.2) is 0 Å². The van der Waals surface area contributed by atoms with Crippen molar-refractivity contribution in [3.8, 4) is 0 Å². The van der Waals surface area contributed by atoms with E-state index in [4.69, 9.17) is 22.1 Å². The molecule has 0 aromatic heterocycles. The zero-order valence-electron chi connectivity index (χ0n) is 7.51. The van der Waals surface area contributed by atoms with Crippen molar-refractivity contribution in [2.24, 2.45) is 0 Å². The van der Waals surface area contributed by atoms with Gasteiger partial charge >= 0.3 is 0 Å². The van der Waals surface area contributed by atoms with E-state index in [1.165, 1.54) is 0 Å². The average Bonchev–Trinajstić information content (AvgIpc) is 2.10. The summed E-state index contributed by atoms with van der Waals surface area (Å²) in [5, 5.41) is 0.526. The Hall–Kier alpha value is -1.15. The van der Waals surface area contributed by atoms with E-state index in [1.54, 1.807) is 12.1 Å². The van der Waals surface area contributed by atoms with Gasteiger partial charge in [-0.2, -0.15) is 0 Å². The minimum Gasteiger partial charge on any atom is -0.494 e. The van der Waals surface area contributed by atoms with Crippen molar-refractivity contribution < 1.29 is 4.74 Å². The first kappa shape index (κ1) is 9.93. The van der Waals surface area contributed by atoms with E-state index in [1.807, 2.05) is 13.0 Å². The largest absolute Gasteiger partial charge is 0.494 e. The molecule has 0 bridgehead atoms. The number of hydrogen-bond donors (Lipinski definition) is 1. The molecule has 1 rings (SSSR count). The molecule has 2 nitrogen and oxygen atoms in total. The average molecular weight is 198 g/mol. The van der Waals surface area contributed by atoms with E-state index >= 15 is 0 Å². The van der Waals surface area contributed by atoms with Gasteiger partial charge in [-0.05, 0) is 25.1 Å². The summed E-state index contributed by atoms with van der Waals surface area (Å²) in [6, 6.07) is 5.32. The van der Waals surface area contributed by atoms with E-state index in [9.17, 15) is 0 Å². The molecule has 0 atom stereocenters. The van der Waals surface area contributed by atoms with Crippen molar-refractivity contribution >= 4 is 23.0 Å². The van der Waals surface area contributed by atoms with Crippen molar-refractivity contribution in [2.75, 3.05) is 12.3 Å². The standard InChI is InChI=1S/C10H12ClNO/c1-3-13-7(2)8-4-5-10(12)9(11)6-8/h4-6H,2-3,12H2,1H3. The van der Waals surface area contributed by atoms with E-state index in [0.717, 1.165) is 5.56 Å². The fourth-order valence-corrected chi connectivity index (χ4v) is 1.14. The minimum atomic E-state index is 0.526. The zero-order valence-corrected chi connectivity index (χ0v) is 8.27. The zero-order chi connectivity index (χ0) is 9.84. The van der Waals surface area contributed by atoms with E-state index in [0.29, 0.717) is 23.1 Å². The van der Waals surface area contributed by atoms with Crippen LogP contribution in [0.3, 0.4) is 0 Å². The van der Waals surface area contributed by atoms with Gasteiger partial charge in [-0.1, -0.05) is 18.2 Å². The Kier molecular flexibility index (Phi) is 3.20. The van der Waals surface area contributed by atoms with Crippen LogP contribution >= 0.6 is 11.6 Å². The summed E-state index contributed by atoms with van der Waals surface area (Å²) < 4.78 is 5.23. The third kappa shape index (κ3) is 2.39. The van der Waals surface area contributed by atoms with Crippen LogP contribution in [0.2, 0.25) is 5.02 Å². The SMILES string of the molecule is C=C(OCC)c1ccc(N)c(Cl)c1. The molecule has 0 saturated heterocycles. The molecule has 0 amide bonds. The van der Waals surface area contributed by atoms with Crippen molar-refractivity contribution in [1.82, 2.24) is 0 Å². The van der Waals surface area contributed by atoms with Crippen LogP contribution in [0, 0.1) is 0 Å². The van der Waals surface area contributed by atoms with Crippen LogP contribution in [0.15, 0.2) is 24.8 Å². The Labute approximate surface area is 83.0 Å². The van der Waals surface area contributed by atoms with Gasteiger partial charge in [0.1, 0.15) is 5.76 Å². The lowest BCUT2D eigenvalue weighted by Crippen LogP contribution is -1.92. The van der Waals surface area contributed by atoms with Gasteiger partial charge in [0.25, 0.3) is 0 Å². The van der Waals surface area contributed by atoms with Crippen molar-refractivity contribution in [3.05, 3.63) is 35.4 Å². The summed E-state index contributed by atoms with van der Waals surface area (Å²) in [5.41, 5.74) is 6.99. The smallest absolute Gasteiger partial charge is 0.119 e. The molecule has 0 aliphatic rings. The molecular formula is C10H12ClNO. The Morgan fingerprint density at radius 2 is 2.31 bits per heavy atom. The highest BCUT2D eigenvalue weighted by molar-refractivity contribution is 6.33. The van der Waals surface area contributed by atoms with Gasteiger partial charge in [-0.3, -0.25) is 0 Å². The molecule has 2 N–H and O–H groups in total. The molecule has 3 heteroatoms. The van der Waals surface area contributed by atoms with E-state index in [-0.39, 0.29) is 0 Å². The first-order valence-corrected chi connectivity index (χ1v) is 4.40. The highest BCUT2D eigenvalue weighted by Gasteiger charge is 2.01. The van der Waals surface area contributed by atoms with Gasteiger partial charge in [-0.15, -0.1) is 0 Å². The summed E-state index contributed by atoms with van der Waals surface area (Å²) in [4.78, 5) is 0. The monoisotopic (exact) mass is 197 g/mol. The van der Waals surface area contributed by atoms with Crippen LogP contribution < -0.4 is 5.73 Å². The van der Waals surface area contributed by atoms with Crippen LogP contribution in [0.5, 0.6) is 0 Å². The highest BCUT2D eigenvalue weighted by atomic mass is 35.5. The summed E-state index contributed by atoms with van der Waals surface area (Å²) in [7, 11) is 0. The number of rotatable bonds is 3. The van der Waals surface area contributed by atoms with Gasteiger partial charge in [0, 0.05) is 5.56 Å². The number of anilines is 1. The second-order valence-corrected chi connectivity index (χ2v) is 3.00. The maximum Gasteiger partial charge on any atom is 0.119 e. The van der Waals surface area contributed by atoms with Crippen LogP contribution in [0.4, 0.5) is 5.69 Å². The minimum absolute atomic E-state index is 0.526. The third-order valence-corrected chi connectivity index (χ3v) is 1.97. The molecule has 0 spiro atoms. The molecule has 70 valence electrons. The number of nitrogens with two attached hydrogens (primary N) is 1. The Balaban J connectivity index is 2.90. The highest BCUT2D eigenvalue weighted by Crippen LogP contribution is 2.23. The van der Waals surface area contributed by atoms with Crippen molar-refractivity contribution in [1.29, 1.82) is 0 Å². The number of hydrogen-bond acceptors (Lipinski definition) is 2. The van der Waals surface area contributed by atoms with Crippen LogP contribution in [0.1, 0.15) is 12.5 Å². The number of benzene rings is 1. The molecule has 13 heavy (non-hydrogen) atoms. The summed E-state index contributed by atoms with van der Waals surface area (Å²) in [5.74, 6) is 0.615. The van der Waals surface area contributed by atoms with Crippen LogP contribution in [-0.4, -0.2) is 6.61 Å². The first-order chi connectivity index (χ1) is 6.15. The second-order valence-electron chi connectivity index (χ2n) is 2.59. The van der Waals surface area contributed by atoms with Gasteiger partial charge in [0.2, 0.25) is 0 Å². The predicted octanol–water partition coefficient (Wildman–Crippen LogP) is 2.93. The predicted molar refractivity (Wildman–Crippen MR) is 56.5 cm³/mol. The lowest BCUT2D eigenvalue weighted by Gasteiger charge is -2.07. The van der Waals surface area contributed by atoms with Crippen molar-refractivity contribution in [3.63, 3.8) is 0 Å². The fourth-order valence-electron chi connectivity index (χ4n) is 0.958. The Morgan fingerprint density at radius 3 is 2.85 bits per heavy atom. The molecular weight excluding hydrogens is 186 g/mol. The Bertz CT molecular complexity index is 323. The first-order valence-electron chi connectivity index (χ1n) is 4.02. The third-order valence-electron chi connectivity index (χ3n) is 1.64. The van der Waals surface area contributed by atoms with Gasteiger partial charge < -0.3 is 10.5 Å². The molecule has 0 unspecified atom stereocenters. The van der Waals surface area contributed by atoms with Gasteiger partial charge in [0.15, 0.2) is 0 Å². The quantitative estimate of drug-likeness (QED) is 0.598. The molecule has 0 aliphatic carbocycles. The lowest BCUT2D eigenvalue weighted by molar-refractivity contribution is 0.299. The normalized spacial score (nSPS) is 9.69. The van der Waals surface area contributed by atoms with Crippen LogP contribution in [-0.2, 0) is 4.74 Å². The van der Waals surface area contributed by atoms with E-state index in [2.05, 4.69) is 6.58 Å². The molecule has 0 fully saturated rings. The van der Waals surface area contributed by atoms with E-state index < -0.39 is 0 Å². The lowest BCUT2D eigenvalue weighted by atomic mass is 10.2. The summed E-state index contributed by atoms with van der Waals surface area (Å²) in [6.07, 6.45) is 0. The molecule has 0 heterocycles. The topological polar surface area (TPSA) is 35.2 Å². The second kappa shape index (κ2) is 4.19. The Morgan fingerprint density at radius 1 is 1.62 bits per heavy atom. The van der Waals surface area contributed by atoms with Crippen molar-refractivity contribution in [2.45, 2.75) is 6.92 Å². The fraction of sp³-hybridized carbons (Fsp3) is 0.200. The molecule has 0 saturated carbocycles.